The average molecular weight is 205 g/mol. The molecule has 0 spiro atoms. The molecule has 15 heavy (non-hydrogen) atoms. The molecule has 1 saturated heterocycles. The number of rotatable bonds is 3. The van der Waals surface area contributed by atoms with Crippen LogP contribution in [0.2, 0.25) is 0 Å². The van der Waals surface area contributed by atoms with Gasteiger partial charge < -0.3 is 5.21 Å². The van der Waals surface area contributed by atoms with E-state index in [1.807, 2.05) is 30.3 Å². The van der Waals surface area contributed by atoms with E-state index in [4.69, 9.17) is 0 Å². The van der Waals surface area contributed by atoms with Gasteiger partial charge in [0, 0.05) is 13.0 Å². The van der Waals surface area contributed by atoms with E-state index in [2.05, 4.69) is 0 Å². The molecule has 0 unspecified atom stereocenters. The molecule has 3 heteroatoms. The molecule has 1 aliphatic heterocycles. The fraction of sp³-hybridized carbons (Fsp3) is 0.417. The highest BCUT2D eigenvalue weighted by Gasteiger charge is 2.28. The van der Waals surface area contributed by atoms with Gasteiger partial charge in [0.15, 0.2) is 5.78 Å². The summed E-state index contributed by atoms with van der Waals surface area (Å²) in [6.07, 6.45) is 2.10. The number of carbonyl (C=O) groups excluding carboxylic acids is 1. The Morgan fingerprint density at radius 1 is 1.40 bits per heavy atom. The average Bonchev–Trinajstić information content (AvgIpc) is 2.66. The van der Waals surface area contributed by atoms with Crippen molar-refractivity contribution in [3.8, 4) is 0 Å². The second-order valence-corrected chi connectivity index (χ2v) is 3.95. The van der Waals surface area contributed by atoms with E-state index in [0.717, 1.165) is 18.4 Å². The summed E-state index contributed by atoms with van der Waals surface area (Å²) in [5.41, 5.74) is 1.02. The number of hydrogen-bond donors (Lipinski definition) is 1. The van der Waals surface area contributed by atoms with Crippen molar-refractivity contribution in [2.75, 3.05) is 6.54 Å². The summed E-state index contributed by atoms with van der Waals surface area (Å²) in [4.78, 5) is 11.8. The highest BCUT2D eigenvalue weighted by Crippen LogP contribution is 2.17. The zero-order chi connectivity index (χ0) is 10.7. The lowest BCUT2D eigenvalue weighted by Crippen LogP contribution is -2.34. The number of Topliss-reactive ketones (excluding diaryl/α,β-unsaturated/α-hetero) is 1. The molecule has 1 N–H and O–H groups in total. The molecule has 0 aliphatic carbocycles. The molecule has 1 atom stereocenters. The summed E-state index contributed by atoms with van der Waals surface area (Å²) in [6.45, 7) is 0.616. The largest absolute Gasteiger partial charge is 0.313 e. The van der Waals surface area contributed by atoms with Crippen LogP contribution in [0.1, 0.15) is 18.4 Å². The Morgan fingerprint density at radius 2 is 2.13 bits per heavy atom. The Bertz CT molecular complexity index is 337. The van der Waals surface area contributed by atoms with Gasteiger partial charge in [-0.3, -0.25) is 4.79 Å². The fourth-order valence-electron chi connectivity index (χ4n) is 1.99. The van der Waals surface area contributed by atoms with Gasteiger partial charge in [0.25, 0.3) is 0 Å². The Hall–Kier alpha value is -1.19. The molecule has 80 valence electrons. The monoisotopic (exact) mass is 205 g/mol. The van der Waals surface area contributed by atoms with Crippen molar-refractivity contribution in [2.45, 2.75) is 25.3 Å². The van der Waals surface area contributed by atoms with Gasteiger partial charge in [0.05, 0.1) is 6.04 Å². The minimum atomic E-state index is -0.287. The number of hydroxylamine groups is 2. The van der Waals surface area contributed by atoms with Crippen molar-refractivity contribution in [1.82, 2.24) is 5.06 Å². The van der Waals surface area contributed by atoms with Gasteiger partial charge >= 0.3 is 0 Å². The van der Waals surface area contributed by atoms with Crippen molar-refractivity contribution < 1.29 is 10.0 Å². The third-order valence-corrected chi connectivity index (χ3v) is 2.82. The summed E-state index contributed by atoms with van der Waals surface area (Å²) >= 11 is 0. The Balaban J connectivity index is 1.98. The first kappa shape index (κ1) is 10.3. The first-order valence-electron chi connectivity index (χ1n) is 5.29. The van der Waals surface area contributed by atoms with Crippen molar-refractivity contribution >= 4 is 5.78 Å². The van der Waals surface area contributed by atoms with Gasteiger partial charge in [-0.2, -0.15) is 5.06 Å². The van der Waals surface area contributed by atoms with E-state index in [-0.39, 0.29) is 11.8 Å². The lowest BCUT2D eigenvalue weighted by molar-refractivity contribution is -0.142. The Morgan fingerprint density at radius 3 is 2.73 bits per heavy atom. The third kappa shape index (κ3) is 2.43. The summed E-state index contributed by atoms with van der Waals surface area (Å²) in [7, 11) is 0. The van der Waals surface area contributed by atoms with Crippen molar-refractivity contribution in [3.05, 3.63) is 35.9 Å². The molecule has 0 radical (unpaired) electrons. The second-order valence-electron chi connectivity index (χ2n) is 3.95. The van der Waals surface area contributed by atoms with Crippen LogP contribution in [-0.2, 0) is 11.2 Å². The summed E-state index contributed by atoms with van der Waals surface area (Å²) in [5.74, 6) is 0.112. The third-order valence-electron chi connectivity index (χ3n) is 2.82. The smallest absolute Gasteiger partial charge is 0.156 e. The van der Waals surface area contributed by atoms with Crippen LogP contribution in [0.5, 0.6) is 0 Å². The maximum absolute atomic E-state index is 11.8. The van der Waals surface area contributed by atoms with Gasteiger partial charge in [-0.15, -0.1) is 0 Å². The van der Waals surface area contributed by atoms with Crippen LogP contribution in [0.4, 0.5) is 0 Å². The standard InChI is InChI=1S/C12H15NO2/c14-12(11-7-4-8-13(11)15)9-10-5-2-1-3-6-10/h1-3,5-6,11,15H,4,7-9H2/t11-/m0/s1. The van der Waals surface area contributed by atoms with Gasteiger partial charge in [-0.25, -0.2) is 0 Å². The summed E-state index contributed by atoms with van der Waals surface area (Å²) in [5, 5.41) is 10.6. The van der Waals surface area contributed by atoms with Crippen LogP contribution in [0.15, 0.2) is 30.3 Å². The minimum Gasteiger partial charge on any atom is -0.313 e. The molecule has 1 heterocycles. The molecule has 1 aromatic rings. The van der Waals surface area contributed by atoms with Crippen LogP contribution in [-0.4, -0.2) is 28.6 Å². The molecule has 1 aliphatic rings. The summed E-state index contributed by atoms with van der Waals surface area (Å²) in [6, 6.07) is 9.37. The molecule has 0 bridgehead atoms. The Kier molecular flexibility index (Phi) is 3.14. The number of nitrogens with zero attached hydrogens (tertiary/aromatic N) is 1. The number of carbonyl (C=O) groups is 1. The first-order chi connectivity index (χ1) is 7.27. The van der Waals surface area contributed by atoms with Crippen LogP contribution < -0.4 is 0 Å². The number of ketones is 1. The van der Waals surface area contributed by atoms with E-state index in [9.17, 15) is 10.0 Å². The zero-order valence-electron chi connectivity index (χ0n) is 8.60. The molecule has 3 nitrogen and oxygen atoms in total. The number of benzene rings is 1. The first-order valence-corrected chi connectivity index (χ1v) is 5.29. The van der Waals surface area contributed by atoms with E-state index in [0.29, 0.717) is 13.0 Å². The SMILES string of the molecule is O=C(Cc1ccccc1)[C@@H]1CCCN1O. The molecule has 0 saturated carbocycles. The molecule has 0 amide bonds. The van der Waals surface area contributed by atoms with E-state index in [1.165, 1.54) is 5.06 Å². The van der Waals surface area contributed by atoms with E-state index >= 15 is 0 Å². The molecule has 0 aromatic heterocycles. The van der Waals surface area contributed by atoms with Crippen LogP contribution >= 0.6 is 0 Å². The van der Waals surface area contributed by atoms with E-state index < -0.39 is 0 Å². The van der Waals surface area contributed by atoms with Crippen LogP contribution in [0.25, 0.3) is 0 Å². The highest BCUT2D eigenvalue weighted by molar-refractivity contribution is 5.86. The molecule has 1 aromatic carbocycles. The normalized spacial score (nSPS) is 21.8. The molecule has 2 rings (SSSR count). The predicted octanol–water partition coefficient (Wildman–Crippen LogP) is 1.65. The molecule has 1 fully saturated rings. The van der Waals surface area contributed by atoms with Gasteiger partial charge in [0.1, 0.15) is 0 Å². The Labute approximate surface area is 89.3 Å². The van der Waals surface area contributed by atoms with Gasteiger partial charge in [-0.05, 0) is 18.4 Å². The van der Waals surface area contributed by atoms with Gasteiger partial charge in [-0.1, -0.05) is 30.3 Å². The fourth-order valence-corrected chi connectivity index (χ4v) is 1.99. The maximum Gasteiger partial charge on any atom is 0.156 e. The van der Waals surface area contributed by atoms with Gasteiger partial charge in [0.2, 0.25) is 0 Å². The number of hydrogen-bond acceptors (Lipinski definition) is 3. The van der Waals surface area contributed by atoms with Crippen molar-refractivity contribution in [1.29, 1.82) is 0 Å². The topological polar surface area (TPSA) is 40.5 Å². The zero-order valence-corrected chi connectivity index (χ0v) is 8.60. The highest BCUT2D eigenvalue weighted by atomic mass is 16.5. The lowest BCUT2D eigenvalue weighted by Gasteiger charge is -2.15. The summed E-state index contributed by atoms with van der Waals surface area (Å²) < 4.78 is 0. The minimum absolute atomic E-state index is 0.112. The molecular formula is C12H15NO2. The van der Waals surface area contributed by atoms with Crippen molar-refractivity contribution in [3.63, 3.8) is 0 Å². The van der Waals surface area contributed by atoms with Crippen LogP contribution in [0, 0.1) is 0 Å². The quantitative estimate of drug-likeness (QED) is 0.815. The lowest BCUT2D eigenvalue weighted by atomic mass is 10.0. The van der Waals surface area contributed by atoms with E-state index in [1.54, 1.807) is 0 Å². The van der Waals surface area contributed by atoms with Crippen LogP contribution in [0.3, 0.4) is 0 Å². The predicted molar refractivity (Wildman–Crippen MR) is 56.7 cm³/mol. The maximum atomic E-state index is 11.8. The molecular weight excluding hydrogens is 190 g/mol. The second kappa shape index (κ2) is 4.55. The van der Waals surface area contributed by atoms with Crippen molar-refractivity contribution in [2.24, 2.45) is 0 Å².